The van der Waals surface area contributed by atoms with Gasteiger partial charge in [-0.3, -0.25) is 4.98 Å². The van der Waals surface area contributed by atoms with Crippen LogP contribution in [0.5, 0.6) is 11.5 Å². The van der Waals surface area contributed by atoms with E-state index in [1.165, 1.54) is 0 Å². The number of rotatable bonds is 7. The number of hydrogen-bond donors (Lipinski definition) is 1. The molecular formula is C25H19BrClN3O2. The van der Waals surface area contributed by atoms with Crippen molar-refractivity contribution in [1.29, 1.82) is 5.26 Å². The van der Waals surface area contributed by atoms with Crippen molar-refractivity contribution in [2.45, 2.75) is 13.5 Å². The second-order valence-corrected chi connectivity index (χ2v) is 8.20. The molecule has 0 radical (unpaired) electrons. The van der Waals surface area contributed by atoms with Crippen LogP contribution >= 0.6 is 27.5 Å². The van der Waals surface area contributed by atoms with E-state index in [9.17, 15) is 5.26 Å². The molecule has 0 spiro atoms. The Kier molecular flexibility index (Phi) is 6.79. The molecule has 1 N–H and O–H groups in total. The van der Waals surface area contributed by atoms with Crippen molar-refractivity contribution in [2.75, 3.05) is 11.9 Å². The smallest absolute Gasteiger partial charge is 0.138 e. The minimum absolute atomic E-state index is 0.425. The van der Waals surface area contributed by atoms with E-state index in [2.05, 4.69) is 32.3 Å². The van der Waals surface area contributed by atoms with Crippen LogP contribution in [0.3, 0.4) is 0 Å². The zero-order chi connectivity index (χ0) is 22.5. The van der Waals surface area contributed by atoms with Crippen LogP contribution in [0.4, 0.5) is 11.4 Å². The first-order valence-corrected chi connectivity index (χ1v) is 11.1. The second kappa shape index (κ2) is 9.90. The molecule has 32 heavy (non-hydrogen) atoms. The Morgan fingerprint density at radius 1 is 1.06 bits per heavy atom. The van der Waals surface area contributed by atoms with Gasteiger partial charge in [-0.15, -0.1) is 0 Å². The molecule has 3 aromatic carbocycles. The lowest BCUT2D eigenvalue weighted by Gasteiger charge is -2.15. The van der Waals surface area contributed by atoms with E-state index in [1.54, 1.807) is 12.3 Å². The number of benzene rings is 3. The number of aromatic nitrogens is 1. The van der Waals surface area contributed by atoms with Gasteiger partial charge in [0, 0.05) is 23.3 Å². The molecule has 0 atom stereocenters. The molecule has 7 heteroatoms. The van der Waals surface area contributed by atoms with E-state index in [4.69, 9.17) is 21.1 Å². The van der Waals surface area contributed by atoms with Crippen molar-refractivity contribution in [3.8, 4) is 17.6 Å². The molecule has 4 rings (SSSR count). The highest BCUT2D eigenvalue weighted by atomic mass is 79.9. The highest BCUT2D eigenvalue weighted by molar-refractivity contribution is 9.10. The minimum atomic E-state index is 0.425. The summed E-state index contributed by atoms with van der Waals surface area (Å²) in [6, 6.07) is 21.3. The molecule has 1 heterocycles. The molecule has 1 aromatic heterocycles. The van der Waals surface area contributed by atoms with Crippen molar-refractivity contribution in [1.82, 2.24) is 4.98 Å². The Bertz CT molecular complexity index is 1310. The van der Waals surface area contributed by atoms with E-state index in [1.807, 2.05) is 61.5 Å². The Hall–Kier alpha value is -3.27. The fraction of sp³-hybridized carbons (Fsp3) is 0.120. The summed E-state index contributed by atoms with van der Waals surface area (Å²) in [5, 5.41) is 14.2. The highest BCUT2D eigenvalue weighted by Gasteiger charge is 2.14. The summed E-state index contributed by atoms with van der Waals surface area (Å²) >= 11 is 10.0. The van der Waals surface area contributed by atoms with E-state index >= 15 is 0 Å². The summed E-state index contributed by atoms with van der Waals surface area (Å²) in [4.78, 5) is 4.41. The van der Waals surface area contributed by atoms with Gasteiger partial charge in [-0.25, -0.2) is 0 Å². The van der Waals surface area contributed by atoms with Gasteiger partial charge in [0.25, 0.3) is 0 Å². The number of nitriles is 1. The van der Waals surface area contributed by atoms with Crippen LogP contribution < -0.4 is 14.8 Å². The Balaban J connectivity index is 1.63. The second-order valence-electron chi connectivity index (χ2n) is 6.94. The van der Waals surface area contributed by atoms with Crippen molar-refractivity contribution in [3.63, 3.8) is 0 Å². The molecule has 0 aliphatic heterocycles. The number of ether oxygens (including phenoxy) is 2. The highest BCUT2D eigenvalue weighted by Crippen LogP contribution is 2.37. The molecule has 0 saturated carbocycles. The molecule has 0 saturated heterocycles. The van der Waals surface area contributed by atoms with Gasteiger partial charge in [0.2, 0.25) is 0 Å². The monoisotopic (exact) mass is 507 g/mol. The predicted molar refractivity (Wildman–Crippen MR) is 131 cm³/mol. The largest absolute Gasteiger partial charge is 0.493 e. The average Bonchev–Trinajstić information content (AvgIpc) is 2.80. The minimum Gasteiger partial charge on any atom is -0.493 e. The summed E-state index contributed by atoms with van der Waals surface area (Å²) < 4.78 is 12.3. The molecule has 0 fully saturated rings. The normalized spacial score (nSPS) is 10.6. The summed E-state index contributed by atoms with van der Waals surface area (Å²) in [7, 11) is 0. The Morgan fingerprint density at radius 2 is 1.88 bits per heavy atom. The fourth-order valence-corrected chi connectivity index (χ4v) is 3.95. The maximum Gasteiger partial charge on any atom is 0.138 e. The zero-order valence-electron chi connectivity index (χ0n) is 17.2. The van der Waals surface area contributed by atoms with Crippen LogP contribution in [0.25, 0.3) is 10.9 Å². The molecular weight excluding hydrogens is 490 g/mol. The number of hydrogen-bond acceptors (Lipinski definition) is 5. The summed E-state index contributed by atoms with van der Waals surface area (Å²) in [6.45, 7) is 2.90. The molecule has 4 aromatic rings. The summed E-state index contributed by atoms with van der Waals surface area (Å²) in [5.74, 6) is 1.29. The molecule has 5 nitrogen and oxygen atoms in total. The van der Waals surface area contributed by atoms with E-state index in [0.717, 1.165) is 21.1 Å². The van der Waals surface area contributed by atoms with Gasteiger partial charge in [0.15, 0.2) is 0 Å². The first kappa shape index (κ1) is 21.9. The number of nitrogens with one attached hydrogen (secondary N) is 1. The lowest BCUT2D eigenvalue weighted by molar-refractivity contribution is 0.306. The first-order valence-electron chi connectivity index (χ1n) is 9.97. The topological polar surface area (TPSA) is 67.2 Å². The number of anilines is 2. The van der Waals surface area contributed by atoms with Crippen molar-refractivity contribution in [3.05, 3.63) is 87.5 Å². The number of fused-ring (bicyclic) bond motifs is 1. The quantitative estimate of drug-likeness (QED) is 0.285. The number of nitrogens with zero attached hydrogens (tertiary/aromatic N) is 2. The zero-order valence-corrected chi connectivity index (χ0v) is 19.6. The van der Waals surface area contributed by atoms with Crippen LogP contribution in [0.1, 0.15) is 18.1 Å². The third-order valence-corrected chi connectivity index (χ3v) is 5.70. The standard InChI is InChI=1S/C25H19BrClN3O2/c1-2-31-24-12-22-19(11-20(24)26)25(17(13-28)14-29-22)30-18-8-9-23(21(27)10-18)32-15-16-6-4-3-5-7-16/h3-12,14H,2,15H2,1H3,(H,29,30). The van der Waals surface area contributed by atoms with Crippen LogP contribution in [0, 0.1) is 11.3 Å². The van der Waals surface area contributed by atoms with E-state index < -0.39 is 0 Å². The first-order chi connectivity index (χ1) is 15.6. The van der Waals surface area contributed by atoms with Crippen LogP contribution in [-0.2, 0) is 6.61 Å². The van der Waals surface area contributed by atoms with Crippen LogP contribution in [0.2, 0.25) is 5.02 Å². The van der Waals surface area contributed by atoms with Gasteiger partial charge in [0.05, 0.1) is 32.9 Å². The fourth-order valence-electron chi connectivity index (χ4n) is 3.25. The third kappa shape index (κ3) is 4.80. The van der Waals surface area contributed by atoms with Crippen LogP contribution in [-0.4, -0.2) is 11.6 Å². The van der Waals surface area contributed by atoms with Gasteiger partial charge in [-0.1, -0.05) is 41.9 Å². The van der Waals surface area contributed by atoms with Gasteiger partial charge in [-0.05, 0) is 52.7 Å². The molecule has 160 valence electrons. The summed E-state index contributed by atoms with van der Waals surface area (Å²) in [5.41, 5.74) is 3.58. The Morgan fingerprint density at radius 3 is 2.59 bits per heavy atom. The predicted octanol–water partition coefficient (Wildman–Crippen LogP) is 7.24. The molecule has 0 aliphatic rings. The van der Waals surface area contributed by atoms with Gasteiger partial charge >= 0.3 is 0 Å². The van der Waals surface area contributed by atoms with Crippen LogP contribution in [0.15, 0.2) is 71.3 Å². The third-order valence-electron chi connectivity index (χ3n) is 4.78. The molecule has 0 amide bonds. The molecule has 0 bridgehead atoms. The average molecular weight is 509 g/mol. The van der Waals surface area contributed by atoms with Crippen molar-refractivity contribution >= 4 is 49.8 Å². The van der Waals surface area contributed by atoms with Gasteiger partial charge in [0.1, 0.15) is 24.2 Å². The van der Waals surface area contributed by atoms with Crippen molar-refractivity contribution < 1.29 is 9.47 Å². The van der Waals surface area contributed by atoms with Crippen molar-refractivity contribution in [2.24, 2.45) is 0 Å². The van der Waals surface area contributed by atoms with Gasteiger partial charge in [-0.2, -0.15) is 5.26 Å². The lowest BCUT2D eigenvalue weighted by atomic mass is 10.1. The van der Waals surface area contributed by atoms with E-state index in [-0.39, 0.29) is 0 Å². The molecule has 0 unspecified atom stereocenters. The number of pyridine rings is 1. The lowest BCUT2D eigenvalue weighted by Crippen LogP contribution is -1.99. The summed E-state index contributed by atoms with van der Waals surface area (Å²) in [6.07, 6.45) is 1.55. The maximum atomic E-state index is 9.63. The SMILES string of the molecule is CCOc1cc2ncc(C#N)c(Nc3ccc(OCc4ccccc4)c(Cl)c3)c2cc1Br. The Labute approximate surface area is 199 Å². The van der Waals surface area contributed by atoms with E-state index in [0.29, 0.717) is 46.5 Å². The number of halogens is 2. The maximum absolute atomic E-state index is 9.63. The van der Waals surface area contributed by atoms with Gasteiger partial charge < -0.3 is 14.8 Å². The molecule has 0 aliphatic carbocycles.